The number of aryl methyl sites for hydroxylation is 1. The summed E-state index contributed by atoms with van der Waals surface area (Å²) in [5, 5.41) is 7.18. The first kappa shape index (κ1) is 16.2. The smallest absolute Gasteiger partial charge is 0.340 e. The zero-order valence-corrected chi connectivity index (χ0v) is 13.8. The van der Waals surface area contributed by atoms with E-state index in [4.69, 9.17) is 16.3 Å². The summed E-state index contributed by atoms with van der Waals surface area (Å²) < 4.78 is 19.9. The number of carbonyl (C=O) groups excluding carboxylic acids is 1. The van der Waals surface area contributed by atoms with E-state index >= 15 is 0 Å². The summed E-state index contributed by atoms with van der Waals surface area (Å²) in [6.45, 7) is 3.82. The lowest BCUT2D eigenvalue weighted by Gasteiger charge is -2.08. The van der Waals surface area contributed by atoms with E-state index in [1.165, 1.54) is 18.5 Å². The van der Waals surface area contributed by atoms with Gasteiger partial charge in [0.1, 0.15) is 17.7 Å². The molecule has 0 saturated heterocycles. The number of carbonyl (C=O) groups is 1. The lowest BCUT2D eigenvalue weighted by atomic mass is 10.2. The molecule has 0 amide bonds. The molecule has 2 heterocycles. The molecule has 1 aromatic carbocycles. The lowest BCUT2D eigenvalue weighted by Crippen LogP contribution is -2.04. The van der Waals surface area contributed by atoms with E-state index in [0.717, 1.165) is 0 Å². The first-order valence-corrected chi connectivity index (χ1v) is 7.61. The summed E-state index contributed by atoms with van der Waals surface area (Å²) in [5.41, 5.74) is 2.29. The minimum absolute atomic E-state index is 0.00407. The zero-order chi connectivity index (χ0) is 17.3. The molecule has 0 saturated carbocycles. The van der Waals surface area contributed by atoms with E-state index in [2.05, 4.69) is 15.4 Å². The molecule has 0 fully saturated rings. The minimum Gasteiger partial charge on any atom is -0.462 e. The number of benzene rings is 1. The molecule has 24 heavy (non-hydrogen) atoms. The number of fused-ring (bicyclic) bond motifs is 1. The molecule has 0 aliphatic rings. The Morgan fingerprint density at radius 1 is 1.46 bits per heavy atom. The Kier molecular flexibility index (Phi) is 4.35. The first-order chi connectivity index (χ1) is 11.5. The minimum atomic E-state index is -0.501. The van der Waals surface area contributed by atoms with Crippen molar-refractivity contribution in [3.8, 4) is 0 Å². The highest BCUT2D eigenvalue weighted by Crippen LogP contribution is 2.27. The van der Waals surface area contributed by atoms with Crippen LogP contribution in [0.25, 0.3) is 5.52 Å². The highest BCUT2D eigenvalue weighted by molar-refractivity contribution is 6.31. The molecule has 2 aromatic heterocycles. The third kappa shape index (κ3) is 2.90. The maximum Gasteiger partial charge on any atom is 0.340 e. The summed E-state index contributed by atoms with van der Waals surface area (Å²) in [4.78, 5) is 16.2. The third-order valence-corrected chi connectivity index (χ3v) is 3.79. The van der Waals surface area contributed by atoms with Gasteiger partial charge in [-0.2, -0.15) is 5.10 Å². The molecule has 3 aromatic rings. The van der Waals surface area contributed by atoms with Crippen LogP contribution < -0.4 is 5.32 Å². The van der Waals surface area contributed by atoms with Gasteiger partial charge in [-0.05, 0) is 37.6 Å². The molecule has 0 spiro atoms. The van der Waals surface area contributed by atoms with Gasteiger partial charge in [0.15, 0.2) is 5.82 Å². The van der Waals surface area contributed by atoms with Crippen molar-refractivity contribution in [1.29, 1.82) is 0 Å². The maximum atomic E-state index is 13.3. The van der Waals surface area contributed by atoms with E-state index in [1.54, 1.807) is 30.6 Å². The van der Waals surface area contributed by atoms with Crippen molar-refractivity contribution in [2.75, 3.05) is 11.9 Å². The van der Waals surface area contributed by atoms with Gasteiger partial charge >= 0.3 is 5.97 Å². The molecule has 0 atom stereocenters. The van der Waals surface area contributed by atoms with Gasteiger partial charge in [0.2, 0.25) is 0 Å². The number of rotatable bonds is 4. The van der Waals surface area contributed by atoms with E-state index in [0.29, 0.717) is 28.1 Å². The average Bonchev–Trinajstić information content (AvgIpc) is 2.89. The Balaban J connectivity index is 2.05. The van der Waals surface area contributed by atoms with Gasteiger partial charge in [0.25, 0.3) is 0 Å². The second-order valence-electron chi connectivity index (χ2n) is 5.04. The summed E-state index contributed by atoms with van der Waals surface area (Å²) >= 11 is 5.80. The summed E-state index contributed by atoms with van der Waals surface area (Å²) in [6.07, 6.45) is 2.95. The molecule has 0 aliphatic carbocycles. The summed E-state index contributed by atoms with van der Waals surface area (Å²) in [7, 11) is 0. The highest BCUT2D eigenvalue weighted by atomic mass is 35.5. The van der Waals surface area contributed by atoms with Crippen molar-refractivity contribution >= 4 is 34.6 Å². The largest absolute Gasteiger partial charge is 0.462 e. The van der Waals surface area contributed by atoms with Gasteiger partial charge in [0, 0.05) is 11.9 Å². The molecular weight excluding hydrogens is 335 g/mol. The van der Waals surface area contributed by atoms with Gasteiger partial charge in [-0.15, -0.1) is 0 Å². The van der Waals surface area contributed by atoms with Crippen LogP contribution in [0.4, 0.5) is 15.9 Å². The second kappa shape index (κ2) is 6.45. The Morgan fingerprint density at radius 3 is 2.96 bits per heavy atom. The number of aromatic nitrogens is 3. The SMILES string of the molecule is CCOC(=O)c1cn2ncnc(Nc3ccc(F)c(Cl)c3)c2c1C. The maximum absolute atomic E-state index is 13.3. The number of halogens is 2. The van der Waals surface area contributed by atoms with Crippen LogP contribution in [-0.2, 0) is 4.74 Å². The standard InChI is InChI=1S/C16H14ClFN4O2/c1-3-24-16(23)11-7-22-14(9(11)2)15(19-8-20-22)21-10-4-5-13(18)12(17)6-10/h4-8H,3H2,1-2H3,(H,19,20,21). The topological polar surface area (TPSA) is 68.5 Å². The lowest BCUT2D eigenvalue weighted by molar-refractivity contribution is 0.0525. The molecule has 1 N–H and O–H groups in total. The molecule has 3 rings (SSSR count). The van der Waals surface area contributed by atoms with Crippen LogP contribution >= 0.6 is 11.6 Å². The van der Waals surface area contributed by atoms with Crippen LogP contribution in [0.15, 0.2) is 30.7 Å². The van der Waals surface area contributed by atoms with Crippen molar-refractivity contribution in [3.63, 3.8) is 0 Å². The number of esters is 1. The third-order valence-electron chi connectivity index (χ3n) is 3.50. The molecule has 0 bridgehead atoms. The number of nitrogens with zero attached hydrogens (tertiary/aromatic N) is 3. The van der Waals surface area contributed by atoms with E-state index in [9.17, 15) is 9.18 Å². The van der Waals surface area contributed by atoms with Crippen LogP contribution in [-0.4, -0.2) is 27.2 Å². The van der Waals surface area contributed by atoms with Crippen LogP contribution in [0, 0.1) is 12.7 Å². The number of anilines is 2. The Labute approximate surface area is 142 Å². The molecule has 0 aliphatic heterocycles. The van der Waals surface area contributed by atoms with E-state index in [-0.39, 0.29) is 11.6 Å². The first-order valence-electron chi connectivity index (χ1n) is 7.23. The monoisotopic (exact) mass is 348 g/mol. The van der Waals surface area contributed by atoms with Gasteiger partial charge in [-0.3, -0.25) is 0 Å². The second-order valence-corrected chi connectivity index (χ2v) is 5.45. The number of hydrogen-bond donors (Lipinski definition) is 1. The van der Waals surface area contributed by atoms with Crippen LogP contribution in [0.1, 0.15) is 22.8 Å². The van der Waals surface area contributed by atoms with Crippen molar-refractivity contribution in [2.24, 2.45) is 0 Å². The Hall–Kier alpha value is -2.67. The molecular formula is C16H14ClFN4O2. The van der Waals surface area contributed by atoms with Crippen molar-refractivity contribution in [1.82, 2.24) is 14.6 Å². The van der Waals surface area contributed by atoms with Gasteiger partial charge in [-0.1, -0.05) is 11.6 Å². The van der Waals surface area contributed by atoms with Crippen molar-refractivity contribution < 1.29 is 13.9 Å². The Morgan fingerprint density at radius 2 is 2.25 bits per heavy atom. The average molecular weight is 349 g/mol. The Bertz CT molecular complexity index is 926. The fourth-order valence-electron chi connectivity index (χ4n) is 2.38. The van der Waals surface area contributed by atoms with E-state index in [1.807, 2.05) is 0 Å². The molecule has 0 unspecified atom stereocenters. The molecule has 0 radical (unpaired) electrons. The zero-order valence-electron chi connectivity index (χ0n) is 13.0. The van der Waals surface area contributed by atoms with Gasteiger partial charge in [0.05, 0.1) is 17.2 Å². The van der Waals surface area contributed by atoms with Crippen LogP contribution in [0.2, 0.25) is 5.02 Å². The molecule has 8 heteroatoms. The summed E-state index contributed by atoms with van der Waals surface area (Å²) in [5.74, 6) is -0.449. The van der Waals surface area contributed by atoms with Gasteiger partial charge < -0.3 is 10.1 Å². The fraction of sp³-hybridized carbons (Fsp3) is 0.188. The number of nitrogens with one attached hydrogen (secondary N) is 1. The fourth-order valence-corrected chi connectivity index (χ4v) is 2.56. The quantitative estimate of drug-likeness (QED) is 0.727. The summed E-state index contributed by atoms with van der Waals surface area (Å²) in [6, 6.07) is 4.27. The van der Waals surface area contributed by atoms with Crippen LogP contribution in [0.5, 0.6) is 0 Å². The van der Waals surface area contributed by atoms with Crippen LogP contribution in [0.3, 0.4) is 0 Å². The highest BCUT2D eigenvalue weighted by Gasteiger charge is 2.18. The number of hydrogen-bond acceptors (Lipinski definition) is 5. The van der Waals surface area contributed by atoms with Crippen molar-refractivity contribution in [2.45, 2.75) is 13.8 Å². The van der Waals surface area contributed by atoms with Crippen molar-refractivity contribution in [3.05, 3.63) is 52.7 Å². The molecule has 6 nitrogen and oxygen atoms in total. The van der Waals surface area contributed by atoms with Gasteiger partial charge in [-0.25, -0.2) is 18.7 Å². The van der Waals surface area contributed by atoms with E-state index < -0.39 is 11.8 Å². The predicted octanol–water partition coefficient (Wildman–Crippen LogP) is 3.75. The normalized spacial score (nSPS) is 10.8. The predicted molar refractivity (Wildman–Crippen MR) is 88.4 cm³/mol. The molecule has 124 valence electrons. The number of ether oxygens (including phenoxy) is 1.